The first-order valence-electron chi connectivity index (χ1n) is 10.4. The molecule has 0 saturated carbocycles. The van der Waals surface area contributed by atoms with E-state index in [1.165, 1.54) is 5.56 Å². The quantitative estimate of drug-likeness (QED) is 0.450. The Hall–Kier alpha value is -2.35. The van der Waals surface area contributed by atoms with Crippen molar-refractivity contribution in [2.45, 2.75) is 26.6 Å². The molecule has 0 spiro atoms. The lowest BCUT2D eigenvalue weighted by Gasteiger charge is -2.30. The van der Waals surface area contributed by atoms with Crippen LogP contribution in [-0.4, -0.2) is 55.8 Å². The molecule has 7 heteroatoms. The molecule has 30 heavy (non-hydrogen) atoms. The third-order valence-corrected chi connectivity index (χ3v) is 5.03. The Labute approximate surface area is 184 Å². The molecule has 6 nitrogen and oxygen atoms in total. The van der Waals surface area contributed by atoms with Crippen LogP contribution < -0.4 is 14.8 Å². The van der Waals surface area contributed by atoms with Crippen molar-refractivity contribution in [2.75, 3.05) is 44.8 Å². The fourth-order valence-corrected chi connectivity index (χ4v) is 3.50. The summed E-state index contributed by atoms with van der Waals surface area (Å²) in [5.74, 6) is 1.48. The molecule has 0 radical (unpaired) electrons. The number of rotatable bonds is 10. The Bertz CT molecular complexity index is 797. The van der Waals surface area contributed by atoms with E-state index in [1.54, 1.807) is 0 Å². The van der Waals surface area contributed by atoms with Crippen LogP contribution in [-0.2, 0) is 15.9 Å². The Morgan fingerprint density at radius 3 is 2.43 bits per heavy atom. The molecule has 1 aliphatic rings. The minimum absolute atomic E-state index is 0.337. The zero-order valence-corrected chi connectivity index (χ0v) is 18.5. The summed E-state index contributed by atoms with van der Waals surface area (Å²) in [5.41, 5.74) is 2.12. The predicted molar refractivity (Wildman–Crippen MR) is 122 cm³/mol. The van der Waals surface area contributed by atoms with E-state index in [9.17, 15) is 0 Å². The van der Waals surface area contributed by atoms with Gasteiger partial charge in [-0.05, 0) is 50.2 Å². The molecule has 1 aliphatic heterocycles. The molecule has 0 saturated heterocycles. The summed E-state index contributed by atoms with van der Waals surface area (Å²) in [6.45, 7) is 7.51. The van der Waals surface area contributed by atoms with Crippen molar-refractivity contribution < 1.29 is 18.9 Å². The second-order valence-electron chi connectivity index (χ2n) is 6.81. The number of ether oxygens (including phenoxy) is 4. The van der Waals surface area contributed by atoms with Crippen molar-refractivity contribution in [1.29, 1.82) is 0 Å². The molecule has 162 valence electrons. The SMILES string of the molecule is CCOC(CN(CCc1ccccc1)C(=S)Nc1ccc2c(c1)OCCO2)OCC. The fourth-order valence-electron chi connectivity index (χ4n) is 3.21. The summed E-state index contributed by atoms with van der Waals surface area (Å²) in [4.78, 5) is 2.09. The number of hydrogen-bond donors (Lipinski definition) is 1. The highest BCUT2D eigenvalue weighted by Crippen LogP contribution is 2.32. The van der Waals surface area contributed by atoms with Gasteiger partial charge in [0.1, 0.15) is 13.2 Å². The van der Waals surface area contributed by atoms with Gasteiger partial charge in [-0.1, -0.05) is 30.3 Å². The molecule has 2 aromatic rings. The van der Waals surface area contributed by atoms with Crippen molar-refractivity contribution in [1.82, 2.24) is 4.90 Å². The Kier molecular flexibility index (Phi) is 8.74. The van der Waals surface area contributed by atoms with E-state index in [0.29, 0.717) is 38.1 Å². The van der Waals surface area contributed by atoms with Gasteiger partial charge in [-0.15, -0.1) is 0 Å². The van der Waals surface area contributed by atoms with Gasteiger partial charge in [-0.2, -0.15) is 0 Å². The highest BCUT2D eigenvalue weighted by atomic mass is 32.1. The number of nitrogens with zero attached hydrogens (tertiary/aromatic N) is 1. The summed E-state index contributed by atoms with van der Waals surface area (Å²) in [6.07, 6.45) is 0.533. The molecule has 1 heterocycles. The van der Waals surface area contributed by atoms with Gasteiger partial charge in [0.2, 0.25) is 0 Å². The molecule has 3 rings (SSSR count). The summed E-state index contributed by atoms with van der Waals surface area (Å²) in [7, 11) is 0. The molecule has 0 unspecified atom stereocenters. The van der Waals surface area contributed by atoms with Gasteiger partial charge in [-0.25, -0.2) is 0 Å². The van der Waals surface area contributed by atoms with E-state index in [-0.39, 0.29) is 6.29 Å². The highest BCUT2D eigenvalue weighted by Gasteiger charge is 2.19. The van der Waals surface area contributed by atoms with E-state index < -0.39 is 0 Å². The van der Waals surface area contributed by atoms with Crippen LogP contribution in [0.3, 0.4) is 0 Å². The first kappa shape index (κ1) is 22.3. The van der Waals surface area contributed by atoms with Gasteiger partial charge in [0.25, 0.3) is 0 Å². The second-order valence-corrected chi connectivity index (χ2v) is 7.20. The van der Waals surface area contributed by atoms with Crippen molar-refractivity contribution in [3.63, 3.8) is 0 Å². The minimum atomic E-state index is -0.337. The van der Waals surface area contributed by atoms with Crippen LogP contribution in [0, 0.1) is 0 Å². The number of hydrogen-bond acceptors (Lipinski definition) is 5. The lowest BCUT2D eigenvalue weighted by atomic mass is 10.1. The third kappa shape index (κ3) is 6.58. The van der Waals surface area contributed by atoms with Gasteiger partial charge in [0.05, 0.1) is 6.54 Å². The zero-order chi connectivity index (χ0) is 21.2. The number of fused-ring (bicyclic) bond motifs is 1. The number of anilines is 1. The molecule has 0 aromatic heterocycles. The maximum Gasteiger partial charge on any atom is 0.174 e. The molecule has 0 atom stereocenters. The topological polar surface area (TPSA) is 52.2 Å². The van der Waals surface area contributed by atoms with Crippen LogP contribution in [0.4, 0.5) is 5.69 Å². The van der Waals surface area contributed by atoms with Crippen LogP contribution in [0.5, 0.6) is 11.5 Å². The van der Waals surface area contributed by atoms with Crippen LogP contribution in [0.1, 0.15) is 19.4 Å². The van der Waals surface area contributed by atoms with Crippen molar-refractivity contribution >= 4 is 23.0 Å². The summed E-state index contributed by atoms with van der Waals surface area (Å²) in [6, 6.07) is 16.1. The highest BCUT2D eigenvalue weighted by molar-refractivity contribution is 7.80. The first-order chi connectivity index (χ1) is 14.7. The molecule has 0 aliphatic carbocycles. The van der Waals surface area contributed by atoms with E-state index in [4.69, 9.17) is 31.2 Å². The standard InChI is InChI=1S/C23H30N2O4S/c1-3-26-22(27-4-2)17-25(13-12-18-8-6-5-7-9-18)23(30)24-19-10-11-20-21(16-19)29-15-14-28-20/h5-11,16,22H,3-4,12-15,17H2,1-2H3,(H,24,30). The van der Waals surface area contributed by atoms with Crippen LogP contribution >= 0.6 is 12.2 Å². The number of thiocarbonyl (C=S) groups is 1. The van der Waals surface area contributed by atoms with Crippen molar-refractivity contribution in [2.24, 2.45) is 0 Å². The molecular weight excluding hydrogens is 400 g/mol. The van der Waals surface area contributed by atoms with E-state index in [0.717, 1.165) is 30.2 Å². The molecule has 1 N–H and O–H groups in total. The predicted octanol–water partition coefficient (Wildman–Crippen LogP) is 4.10. The lowest BCUT2D eigenvalue weighted by Crippen LogP contribution is -2.43. The van der Waals surface area contributed by atoms with Crippen molar-refractivity contribution in [3.05, 3.63) is 54.1 Å². The monoisotopic (exact) mass is 430 g/mol. The molecule has 0 bridgehead atoms. The van der Waals surface area contributed by atoms with Gasteiger partial charge in [-0.3, -0.25) is 0 Å². The van der Waals surface area contributed by atoms with Gasteiger partial charge < -0.3 is 29.2 Å². The second kappa shape index (κ2) is 11.7. The summed E-state index contributed by atoms with van der Waals surface area (Å²) >= 11 is 5.75. The molecule has 0 fully saturated rings. The Balaban J connectivity index is 1.69. The normalized spacial score (nSPS) is 12.6. The minimum Gasteiger partial charge on any atom is -0.486 e. The lowest BCUT2D eigenvalue weighted by molar-refractivity contribution is -0.141. The largest absolute Gasteiger partial charge is 0.486 e. The third-order valence-electron chi connectivity index (χ3n) is 4.67. The van der Waals surface area contributed by atoms with Gasteiger partial charge in [0.15, 0.2) is 22.9 Å². The molecular formula is C23H30N2O4S. The van der Waals surface area contributed by atoms with Crippen LogP contribution in [0.25, 0.3) is 0 Å². The molecule has 2 aromatic carbocycles. The zero-order valence-electron chi connectivity index (χ0n) is 17.6. The maximum absolute atomic E-state index is 5.75. The van der Waals surface area contributed by atoms with Crippen molar-refractivity contribution in [3.8, 4) is 11.5 Å². The van der Waals surface area contributed by atoms with E-state index in [2.05, 4.69) is 34.5 Å². The Morgan fingerprint density at radius 2 is 1.73 bits per heavy atom. The number of benzene rings is 2. The van der Waals surface area contributed by atoms with E-state index in [1.807, 2.05) is 38.1 Å². The smallest absolute Gasteiger partial charge is 0.174 e. The van der Waals surface area contributed by atoms with Crippen LogP contribution in [0.15, 0.2) is 48.5 Å². The van der Waals surface area contributed by atoms with Gasteiger partial charge in [0, 0.05) is 31.5 Å². The van der Waals surface area contributed by atoms with Gasteiger partial charge >= 0.3 is 0 Å². The summed E-state index contributed by atoms with van der Waals surface area (Å²) in [5, 5.41) is 3.95. The Morgan fingerprint density at radius 1 is 1.03 bits per heavy atom. The fraction of sp³-hybridized carbons (Fsp3) is 0.435. The first-order valence-corrected chi connectivity index (χ1v) is 10.8. The van der Waals surface area contributed by atoms with E-state index >= 15 is 0 Å². The maximum atomic E-state index is 5.75. The van der Waals surface area contributed by atoms with Crippen LogP contribution in [0.2, 0.25) is 0 Å². The summed E-state index contributed by atoms with van der Waals surface area (Å²) < 4.78 is 22.8. The number of nitrogens with one attached hydrogen (secondary N) is 1. The average Bonchev–Trinajstić information content (AvgIpc) is 2.77. The average molecular weight is 431 g/mol. The molecule has 0 amide bonds.